The van der Waals surface area contributed by atoms with Crippen molar-refractivity contribution in [1.29, 1.82) is 0 Å². The third-order valence-corrected chi connectivity index (χ3v) is 5.19. The number of halogens is 1. The van der Waals surface area contributed by atoms with E-state index < -0.39 is 0 Å². The Morgan fingerprint density at radius 3 is 2.57 bits per heavy atom. The van der Waals surface area contributed by atoms with Crippen LogP contribution in [-0.4, -0.2) is 16.0 Å². The maximum absolute atomic E-state index is 13.0. The van der Waals surface area contributed by atoms with Gasteiger partial charge in [-0.05, 0) is 49.2 Å². The molecule has 0 radical (unpaired) electrons. The van der Waals surface area contributed by atoms with Crippen LogP contribution in [0.3, 0.4) is 0 Å². The number of hydrogen-bond donors (Lipinski definition) is 2. The van der Waals surface area contributed by atoms with Crippen molar-refractivity contribution < 1.29 is 9.90 Å². The van der Waals surface area contributed by atoms with E-state index >= 15 is 0 Å². The first-order chi connectivity index (χ1) is 13.1. The number of nitrogens with zero attached hydrogens (tertiary/aromatic N) is 1. The second kappa shape index (κ2) is 7.44. The van der Waals surface area contributed by atoms with E-state index in [0.29, 0.717) is 21.7 Å². The number of nitrogens with one attached hydrogen (secondary N) is 1. The number of aryl methyl sites for hydroxylation is 1. The van der Waals surface area contributed by atoms with Crippen molar-refractivity contribution in [3.63, 3.8) is 0 Å². The number of carbonyl (C=O) groups excluding carboxylic acids is 1. The lowest BCUT2D eigenvalue weighted by Crippen LogP contribution is -2.27. The molecule has 1 unspecified atom stereocenters. The minimum atomic E-state index is -0.319. The van der Waals surface area contributed by atoms with Gasteiger partial charge in [-0.15, -0.1) is 0 Å². The summed E-state index contributed by atoms with van der Waals surface area (Å²) in [5, 5.41) is 14.1. The number of amides is 1. The Labute approximate surface area is 170 Å². The van der Waals surface area contributed by atoms with Gasteiger partial charge in [0.25, 0.3) is 5.91 Å². The molecule has 1 heterocycles. The minimum absolute atomic E-state index is 0.109. The molecule has 1 atom stereocenters. The van der Waals surface area contributed by atoms with Crippen LogP contribution in [0.4, 0.5) is 0 Å². The van der Waals surface area contributed by atoms with E-state index in [0.717, 1.165) is 16.6 Å². The molecule has 3 rings (SSSR count). The average molecular weight is 397 g/mol. The Kier molecular flexibility index (Phi) is 5.35. The molecule has 0 fully saturated rings. The standard InChI is InChI=1S/C23H25ClN2O2/c1-13-11-17(18(24)12-19(13)27)14(2)25-22(28)16-8-6-7-15-9-10-20(23(3,4)5)26-21(15)16/h6-12,14,27H,1-5H3,(H,25,28). The highest BCUT2D eigenvalue weighted by Gasteiger charge is 2.20. The van der Waals surface area contributed by atoms with Crippen LogP contribution in [-0.2, 0) is 5.41 Å². The Morgan fingerprint density at radius 1 is 1.18 bits per heavy atom. The van der Waals surface area contributed by atoms with Crippen molar-refractivity contribution in [3.05, 3.63) is 69.9 Å². The number of benzene rings is 2. The molecule has 28 heavy (non-hydrogen) atoms. The number of hydrogen-bond acceptors (Lipinski definition) is 3. The molecule has 1 amide bonds. The van der Waals surface area contributed by atoms with E-state index in [9.17, 15) is 9.90 Å². The smallest absolute Gasteiger partial charge is 0.253 e. The maximum atomic E-state index is 13.0. The van der Waals surface area contributed by atoms with Crippen molar-refractivity contribution in [2.24, 2.45) is 0 Å². The SMILES string of the molecule is Cc1cc(C(C)NC(=O)c2cccc3ccc(C(C)(C)C)nc23)c(Cl)cc1O. The Morgan fingerprint density at radius 2 is 1.89 bits per heavy atom. The summed E-state index contributed by atoms with van der Waals surface area (Å²) in [6.07, 6.45) is 0. The summed E-state index contributed by atoms with van der Waals surface area (Å²) < 4.78 is 0. The first-order valence-corrected chi connectivity index (χ1v) is 9.66. The summed E-state index contributed by atoms with van der Waals surface area (Å²) in [5.41, 5.74) is 3.51. The first-order valence-electron chi connectivity index (χ1n) is 9.28. The van der Waals surface area contributed by atoms with E-state index in [1.54, 1.807) is 19.1 Å². The number of carbonyl (C=O) groups is 1. The average Bonchev–Trinajstić information content (AvgIpc) is 2.62. The number of phenols is 1. The molecule has 4 nitrogen and oxygen atoms in total. The summed E-state index contributed by atoms with van der Waals surface area (Å²) in [7, 11) is 0. The van der Waals surface area contributed by atoms with Gasteiger partial charge in [-0.3, -0.25) is 9.78 Å². The molecule has 2 N–H and O–H groups in total. The van der Waals surface area contributed by atoms with Gasteiger partial charge >= 0.3 is 0 Å². The zero-order chi connectivity index (χ0) is 20.6. The van der Waals surface area contributed by atoms with Gasteiger partial charge in [0.1, 0.15) is 5.75 Å². The summed E-state index contributed by atoms with van der Waals surface area (Å²) >= 11 is 6.27. The normalized spacial score (nSPS) is 12.8. The van der Waals surface area contributed by atoms with Gasteiger partial charge in [0.15, 0.2) is 0 Å². The molecule has 5 heteroatoms. The molecular weight excluding hydrogens is 372 g/mol. The molecular formula is C23H25ClN2O2. The lowest BCUT2D eigenvalue weighted by molar-refractivity contribution is 0.0941. The minimum Gasteiger partial charge on any atom is -0.508 e. The predicted octanol–water partition coefficient (Wildman–Crippen LogP) is 5.69. The molecule has 0 saturated heterocycles. The topological polar surface area (TPSA) is 62.2 Å². The second-order valence-electron chi connectivity index (χ2n) is 8.18. The van der Waals surface area contributed by atoms with E-state index in [1.165, 1.54) is 6.07 Å². The largest absolute Gasteiger partial charge is 0.508 e. The molecule has 1 aromatic heterocycles. The van der Waals surface area contributed by atoms with Crippen molar-refractivity contribution in [2.75, 3.05) is 0 Å². The molecule has 0 saturated carbocycles. The molecule has 2 aromatic carbocycles. The number of pyridine rings is 1. The third-order valence-electron chi connectivity index (χ3n) is 4.86. The van der Waals surface area contributed by atoms with Crippen molar-refractivity contribution in [3.8, 4) is 5.75 Å². The Balaban J connectivity index is 1.96. The predicted molar refractivity (Wildman–Crippen MR) is 114 cm³/mol. The van der Waals surface area contributed by atoms with Crippen LogP contribution in [0.25, 0.3) is 10.9 Å². The quantitative estimate of drug-likeness (QED) is 0.597. The highest BCUT2D eigenvalue weighted by atomic mass is 35.5. The Hall–Kier alpha value is -2.59. The fraction of sp³-hybridized carbons (Fsp3) is 0.304. The fourth-order valence-electron chi connectivity index (χ4n) is 3.13. The number of para-hydroxylation sites is 1. The van der Waals surface area contributed by atoms with Crippen molar-refractivity contribution >= 4 is 28.4 Å². The number of phenolic OH excluding ortho intramolecular Hbond substituents is 1. The molecule has 3 aromatic rings. The maximum Gasteiger partial charge on any atom is 0.253 e. The van der Waals surface area contributed by atoms with E-state index in [-0.39, 0.29) is 23.1 Å². The number of rotatable bonds is 3. The van der Waals surface area contributed by atoms with Gasteiger partial charge in [-0.2, -0.15) is 0 Å². The van der Waals surface area contributed by atoms with Crippen LogP contribution in [0.5, 0.6) is 5.75 Å². The van der Waals surface area contributed by atoms with E-state index in [1.807, 2.05) is 31.2 Å². The molecule has 0 aliphatic rings. The van der Waals surface area contributed by atoms with Gasteiger partial charge in [0.2, 0.25) is 0 Å². The lowest BCUT2D eigenvalue weighted by atomic mass is 9.91. The highest BCUT2D eigenvalue weighted by Crippen LogP contribution is 2.30. The van der Waals surface area contributed by atoms with Crippen molar-refractivity contribution in [1.82, 2.24) is 10.3 Å². The van der Waals surface area contributed by atoms with Crippen LogP contribution in [0.1, 0.15) is 60.9 Å². The van der Waals surface area contributed by atoms with Crippen LogP contribution >= 0.6 is 11.6 Å². The molecule has 0 aliphatic heterocycles. The van der Waals surface area contributed by atoms with E-state index in [4.69, 9.17) is 16.6 Å². The summed E-state index contributed by atoms with van der Waals surface area (Å²) in [5.74, 6) is -0.0707. The molecule has 0 bridgehead atoms. The Bertz CT molecular complexity index is 1050. The summed E-state index contributed by atoms with van der Waals surface area (Å²) in [6, 6.07) is 12.6. The summed E-state index contributed by atoms with van der Waals surface area (Å²) in [6.45, 7) is 9.96. The first kappa shape index (κ1) is 20.2. The van der Waals surface area contributed by atoms with Crippen LogP contribution in [0.15, 0.2) is 42.5 Å². The molecule has 0 aliphatic carbocycles. The highest BCUT2D eigenvalue weighted by molar-refractivity contribution is 6.31. The van der Waals surface area contributed by atoms with Gasteiger partial charge in [-0.1, -0.05) is 50.6 Å². The van der Waals surface area contributed by atoms with Crippen LogP contribution in [0, 0.1) is 6.92 Å². The van der Waals surface area contributed by atoms with Gasteiger partial charge in [0.05, 0.1) is 17.1 Å². The van der Waals surface area contributed by atoms with Gasteiger partial charge < -0.3 is 10.4 Å². The lowest BCUT2D eigenvalue weighted by Gasteiger charge is -2.20. The number of fused-ring (bicyclic) bond motifs is 1. The monoisotopic (exact) mass is 396 g/mol. The third kappa shape index (κ3) is 3.97. The van der Waals surface area contributed by atoms with Crippen LogP contribution < -0.4 is 5.32 Å². The van der Waals surface area contributed by atoms with Crippen molar-refractivity contribution in [2.45, 2.75) is 46.1 Å². The van der Waals surface area contributed by atoms with Crippen LogP contribution in [0.2, 0.25) is 5.02 Å². The van der Waals surface area contributed by atoms with E-state index in [2.05, 4.69) is 26.1 Å². The zero-order valence-electron chi connectivity index (χ0n) is 16.8. The summed E-state index contributed by atoms with van der Waals surface area (Å²) in [4.78, 5) is 17.8. The molecule has 0 spiro atoms. The number of aromatic hydroxyl groups is 1. The zero-order valence-corrected chi connectivity index (χ0v) is 17.6. The van der Waals surface area contributed by atoms with Gasteiger partial charge in [-0.25, -0.2) is 0 Å². The second-order valence-corrected chi connectivity index (χ2v) is 8.59. The number of aromatic nitrogens is 1. The molecule has 146 valence electrons. The fourth-order valence-corrected chi connectivity index (χ4v) is 3.45. The van der Waals surface area contributed by atoms with Gasteiger partial charge in [0, 0.05) is 21.5 Å².